The number of aryl methyl sites for hydroxylation is 1. The Morgan fingerprint density at radius 2 is 2.38 bits per heavy atom. The van der Waals surface area contributed by atoms with Crippen molar-refractivity contribution in [3.63, 3.8) is 0 Å². The molecule has 0 bridgehead atoms. The first kappa shape index (κ1) is 10.1. The smallest absolute Gasteiger partial charge is 0.491 e. The maximum absolute atomic E-state index is 9.12. The number of aliphatic hydroxyl groups is 1. The lowest BCUT2D eigenvalue weighted by Gasteiger charge is -2.13. The molecule has 2 aliphatic heterocycles. The second-order valence-corrected chi connectivity index (χ2v) is 4.17. The van der Waals surface area contributed by atoms with Crippen molar-refractivity contribution in [1.82, 2.24) is 0 Å². The highest BCUT2D eigenvalue weighted by Gasteiger charge is 2.39. The molecule has 0 spiro atoms. The molecule has 2 aliphatic rings. The Morgan fingerprint density at radius 3 is 3.19 bits per heavy atom. The zero-order chi connectivity index (χ0) is 11.1. The van der Waals surface area contributed by atoms with Crippen molar-refractivity contribution >= 4 is 12.6 Å². The summed E-state index contributed by atoms with van der Waals surface area (Å²) in [4.78, 5) is 0. The summed E-state index contributed by atoms with van der Waals surface area (Å²) in [5, 5.41) is 9.12. The van der Waals surface area contributed by atoms with Crippen LogP contribution in [0.5, 0.6) is 5.75 Å². The molecule has 0 amide bonds. The monoisotopic (exact) mass is 220 g/mol. The molecule has 84 valence electrons. The molecular formula is C11H13BO4. The number of hydrogen-bond acceptors (Lipinski definition) is 4. The molecule has 0 saturated heterocycles. The molecule has 5 heteroatoms. The van der Waals surface area contributed by atoms with Gasteiger partial charge in [0.2, 0.25) is 0 Å². The minimum absolute atomic E-state index is 0.0534. The molecule has 0 fully saturated rings. The minimum Gasteiger partial charge on any atom is -0.491 e. The predicted octanol–water partition coefficient (Wildman–Crippen LogP) is -0.00968. The van der Waals surface area contributed by atoms with Crippen LogP contribution < -0.4 is 10.2 Å². The van der Waals surface area contributed by atoms with Crippen LogP contribution in [-0.4, -0.2) is 31.5 Å². The van der Waals surface area contributed by atoms with E-state index in [1.54, 1.807) is 0 Å². The number of aliphatic hydroxyl groups excluding tert-OH is 1. The van der Waals surface area contributed by atoms with Gasteiger partial charge in [-0.15, -0.1) is 0 Å². The molecule has 0 aromatic heterocycles. The lowest BCUT2D eigenvalue weighted by Crippen LogP contribution is -2.36. The molecule has 1 atom stereocenters. The summed E-state index contributed by atoms with van der Waals surface area (Å²) >= 11 is 0. The van der Waals surface area contributed by atoms with Gasteiger partial charge in [-0.25, -0.2) is 0 Å². The summed E-state index contributed by atoms with van der Waals surface area (Å²) in [7, 11) is -0.385. The molecule has 1 aromatic carbocycles. The van der Waals surface area contributed by atoms with E-state index in [-0.39, 0.29) is 19.8 Å². The van der Waals surface area contributed by atoms with Crippen LogP contribution in [0, 0.1) is 6.92 Å². The lowest BCUT2D eigenvalue weighted by atomic mass is 9.77. The fourth-order valence-corrected chi connectivity index (χ4v) is 2.17. The highest BCUT2D eigenvalue weighted by atomic mass is 16.6. The SMILES string of the molecule is Cc1ccc2c3c1COB3O[C@H](CO)CO2. The fourth-order valence-electron chi connectivity index (χ4n) is 2.17. The third-order valence-corrected chi connectivity index (χ3v) is 3.11. The Hall–Kier alpha value is -1.04. The normalized spacial score (nSPS) is 22.6. The van der Waals surface area contributed by atoms with E-state index in [1.807, 2.05) is 12.1 Å². The van der Waals surface area contributed by atoms with Gasteiger partial charge in [0.15, 0.2) is 0 Å². The van der Waals surface area contributed by atoms with Crippen LogP contribution in [0.25, 0.3) is 0 Å². The Morgan fingerprint density at radius 1 is 1.50 bits per heavy atom. The van der Waals surface area contributed by atoms with Crippen LogP contribution >= 0.6 is 0 Å². The van der Waals surface area contributed by atoms with Crippen molar-refractivity contribution in [2.24, 2.45) is 0 Å². The molecule has 0 radical (unpaired) electrons. The van der Waals surface area contributed by atoms with Crippen LogP contribution in [0.15, 0.2) is 12.1 Å². The van der Waals surface area contributed by atoms with E-state index in [0.717, 1.165) is 16.8 Å². The van der Waals surface area contributed by atoms with Crippen molar-refractivity contribution in [2.45, 2.75) is 19.6 Å². The van der Waals surface area contributed by atoms with E-state index < -0.39 is 0 Å². The van der Waals surface area contributed by atoms with Gasteiger partial charge in [-0.05, 0) is 24.1 Å². The number of ether oxygens (including phenoxy) is 1. The third kappa shape index (κ3) is 1.43. The van der Waals surface area contributed by atoms with Gasteiger partial charge < -0.3 is 19.2 Å². The van der Waals surface area contributed by atoms with Gasteiger partial charge in [-0.1, -0.05) is 6.07 Å². The molecule has 3 rings (SSSR count). The van der Waals surface area contributed by atoms with E-state index in [0.29, 0.717) is 13.2 Å². The Labute approximate surface area is 94.3 Å². The summed E-state index contributed by atoms with van der Waals surface area (Å²) < 4.78 is 16.9. The molecule has 4 nitrogen and oxygen atoms in total. The van der Waals surface area contributed by atoms with Crippen molar-refractivity contribution < 1.29 is 19.2 Å². The quantitative estimate of drug-likeness (QED) is 0.676. The van der Waals surface area contributed by atoms with Crippen molar-refractivity contribution in [3.05, 3.63) is 23.3 Å². The van der Waals surface area contributed by atoms with Crippen molar-refractivity contribution in [3.8, 4) is 5.75 Å². The summed E-state index contributed by atoms with van der Waals surface area (Å²) in [5.74, 6) is 0.819. The molecule has 0 unspecified atom stereocenters. The van der Waals surface area contributed by atoms with Gasteiger partial charge in [-0.2, -0.15) is 0 Å². The lowest BCUT2D eigenvalue weighted by molar-refractivity contribution is 0.0570. The Bertz CT molecular complexity index is 421. The number of hydrogen-bond donors (Lipinski definition) is 1. The molecular weight excluding hydrogens is 207 g/mol. The van der Waals surface area contributed by atoms with Crippen molar-refractivity contribution in [2.75, 3.05) is 13.2 Å². The second kappa shape index (κ2) is 3.77. The second-order valence-electron chi connectivity index (χ2n) is 4.17. The molecule has 16 heavy (non-hydrogen) atoms. The van der Waals surface area contributed by atoms with E-state index in [1.165, 1.54) is 5.56 Å². The Balaban J connectivity index is 2.05. The van der Waals surface area contributed by atoms with Gasteiger partial charge >= 0.3 is 7.12 Å². The first-order valence-electron chi connectivity index (χ1n) is 5.42. The van der Waals surface area contributed by atoms with E-state index in [2.05, 4.69) is 6.92 Å². The maximum Gasteiger partial charge on any atom is 0.498 e. The number of benzene rings is 1. The van der Waals surface area contributed by atoms with Crippen LogP contribution in [0.3, 0.4) is 0 Å². The first-order valence-corrected chi connectivity index (χ1v) is 5.42. The minimum atomic E-state index is -0.385. The van der Waals surface area contributed by atoms with E-state index in [4.69, 9.17) is 19.2 Å². The molecule has 0 saturated carbocycles. The van der Waals surface area contributed by atoms with Gasteiger partial charge in [0, 0.05) is 5.46 Å². The van der Waals surface area contributed by atoms with Gasteiger partial charge in [0.25, 0.3) is 0 Å². The predicted molar refractivity (Wildman–Crippen MR) is 58.8 cm³/mol. The van der Waals surface area contributed by atoms with Crippen LogP contribution in [-0.2, 0) is 15.9 Å². The topological polar surface area (TPSA) is 47.9 Å². The highest BCUT2D eigenvalue weighted by Crippen LogP contribution is 2.25. The van der Waals surface area contributed by atoms with Crippen LogP contribution in [0.1, 0.15) is 11.1 Å². The summed E-state index contributed by atoms with van der Waals surface area (Å²) in [6.07, 6.45) is -0.316. The van der Waals surface area contributed by atoms with Crippen molar-refractivity contribution in [1.29, 1.82) is 0 Å². The van der Waals surface area contributed by atoms with E-state index >= 15 is 0 Å². The van der Waals surface area contributed by atoms with E-state index in [9.17, 15) is 0 Å². The molecule has 0 aliphatic carbocycles. The first-order chi connectivity index (χ1) is 7.79. The number of rotatable bonds is 1. The largest absolute Gasteiger partial charge is 0.498 e. The molecule has 2 heterocycles. The third-order valence-electron chi connectivity index (χ3n) is 3.11. The van der Waals surface area contributed by atoms with Crippen LogP contribution in [0.2, 0.25) is 0 Å². The van der Waals surface area contributed by atoms with Gasteiger partial charge in [-0.3, -0.25) is 0 Å². The Kier molecular flexibility index (Phi) is 2.39. The van der Waals surface area contributed by atoms with Crippen LogP contribution in [0.4, 0.5) is 0 Å². The highest BCUT2D eigenvalue weighted by molar-refractivity contribution is 6.64. The van der Waals surface area contributed by atoms with Gasteiger partial charge in [0.05, 0.1) is 13.2 Å². The standard InChI is InChI=1S/C11H13BO4/c1-7-2-3-10-11-9(7)6-15-12(11)16-8(4-13)5-14-10/h2-3,8,13H,4-6H2,1H3/t8-/m1/s1. The fraction of sp³-hybridized carbons (Fsp3) is 0.455. The maximum atomic E-state index is 9.12. The zero-order valence-electron chi connectivity index (χ0n) is 9.10. The zero-order valence-corrected chi connectivity index (χ0v) is 9.10. The summed E-state index contributed by atoms with van der Waals surface area (Å²) in [6, 6.07) is 3.97. The average molecular weight is 220 g/mol. The summed E-state index contributed by atoms with van der Waals surface area (Å²) in [6.45, 7) is 2.92. The summed E-state index contributed by atoms with van der Waals surface area (Å²) in [5.41, 5.74) is 3.34. The molecule has 1 N–H and O–H groups in total. The van der Waals surface area contributed by atoms with Gasteiger partial charge in [0.1, 0.15) is 18.5 Å². The average Bonchev–Trinajstić information content (AvgIpc) is 2.63. The molecule has 1 aromatic rings.